The molecule has 0 aromatic carbocycles. The molecule has 0 saturated carbocycles. The number of fused-ring (bicyclic) bond motifs is 1. The molecule has 2 atom stereocenters. The molecule has 1 fully saturated rings. The first-order valence-electron chi connectivity index (χ1n) is 8.84. The summed E-state index contributed by atoms with van der Waals surface area (Å²) in [6, 6.07) is 0. The fourth-order valence-corrected chi connectivity index (χ4v) is 7.64. The Morgan fingerprint density at radius 3 is 2.82 bits per heavy atom. The second-order valence-electron chi connectivity index (χ2n) is 6.52. The largest absolute Gasteiger partial charge is 1.00 e. The van der Waals surface area contributed by atoms with Crippen molar-refractivity contribution in [1.29, 1.82) is 0 Å². The smallest absolute Gasteiger partial charge is 0.543 e. The molecule has 2 aromatic heterocycles. The molecule has 2 amide bonds. The quantitative estimate of drug-likeness (QED) is 0.0806. The number of β-lactam (4-membered cyclic amide) rings is 1. The van der Waals surface area contributed by atoms with E-state index in [4.69, 9.17) is 10.9 Å². The SMILES string of the molecule is Cc1nnc(SCC2=C(C(=O)[O-])N3C(=O)C[C@@H]3SC2(NC(=O)C=NO)c2csc(N)n2)s1.[Na+]. The standard InChI is InChI=1S/C16H15N7O5S4.Na/c1-6-21-22-15(31-6)30-4-7-12(13(26)27)23-10(25)2-11(23)32-16(7,20-9(24)3-18-28)8-5-29-14(17)19-8;/h3,5,11,28H,2,4H2,1H3,(H2,17,19)(H,20,24)(H,26,27);/q;+1/p-1/t11-,16?;/m0./s1. The molecule has 2 aliphatic rings. The van der Waals surface area contributed by atoms with E-state index >= 15 is 0 Å². The van der Waals surface area contributed by atoms with Crippen LogP contribution in [0.1, 0.15) is 17.1 Å². The summed E-state index contributed by atoms with van der Waals surface area (Å²) in [5, 5.41) is 36.4. The minimum atomic E-state index is -1.56. The number of hydrogen-bond acceptors (Lipinski definition) is 14. The molecule has 1 unspecified atom stereocenters. The van der Waals surface area contributed by atoms with Gasteiger partial charge in [-0.2, -0.15) is 0 Å². The molecule has 0 bridgehead atoms. The molecular formula is C16H14N7NaO5S4. The summed E-state index contributed by atoms with van der Waals surface area (Å²) in [5.74, 6) is -2.71. The minimum absolute atomic E-state index is 0. The zero-order valence-corrected chi connectivity index (χ0v) is 22.4. The molecule has 17 heteroatoms. The fraction of sp³-hybridized carbons (Fsp3) is 0.312. The summed E-state index contributed by atoms with van der Waals surface area (Å²) in [4.78, 5) is 40.9. The number of carbonyl (C=O) groups excluding carboxylic acids is 3. The normalized spacial score (nSPS) is 22.0. The Hall–Kier alpha value is -1.69. The summed E-state index contributed by atoms with van der Waals surface area (Å²) in [6.45, 7) is 1.78. The van der Waals surface area contributed by atoms with Gasteiger partial charge in [0.2, 0.25) is 5.91 Å². The number of nitrogens with one attached hydrogen (secondary N) is 1. The van der Waals surface area contributed by atoms with Crippen LogP contribution in [-0.2, 0) is 19.3 Å². The predicted molar refractivity (Wildman–Crippen MR) is 117 cm³/mol. The Labute approximate surface area is 225 Å². The van der Waals surface area contributed by atoms with Gasteiger partial charge in [-0.3, -0.25) is 14.5 Å². The van der Waals surface area contributed by atoms with Crippen LogP contribution in [-0.4, -0.2) is 60.4 Å². The maximum Gasteiger partial charge on any atom is 1.00 e. The monoisotopic (exact) mass is 535 g/mol. The second kappa shape index (κ2) is 10.3. The number of amides is 2. The first kappa shape index (κ1) is 25.9. The number of oxime groups is 1. The van der Waals surface area contributed by atoms with E-state index in [-0.39, 0.29) is 69.7 Å². The first-order valence-corrected chi connectivity index (χ1v) is 12.4. The van der Waals surface area contributed by atoms with E-state index in [0.717, 1.165) is 33.0 Å². The molecule has 12 nitrogen and oxygen atoms in total. The number of rotatable bonds is 7. The third-order valence-electron chi connectivity index (χ3n) is 4.57. The van der Waals surface area contributed by atoms with Crippen LogP contribution in [0.3, 0.4) is 0 Å². The van der Waals surface area contributed by atoms with Gasteiger partial charge in [-0.25, -0.2) is 4.98 Å². The molecule has 0 radical (unpaired) electrons. The van der Waals surface area contributed by atoms with Crippen molar-refractivity contribution in [2.45, 2.75) is 27.9 Å². The number of anilines is 1. The zero-order valence-electron chi connectivity index (χ0n) is 17.2. The van der Waals surface area contributed by atoms with E-state index in [1.54, 1.807) is 12.3 Å². The van der Waals surface area contributed by atoms with Crippen LogP contribution in [0.4, 0.5) is 5.13 Å². The maximum atomic E-state index is 12.5. The van der Waals surface area contributed by atoms with Crippen molar-refractivity contribution in [3.63, 3.8) is 0 Å². The molecule has 2 aliphatic heterocycles. The van der Waals surface area contributed by atoms with Crippen molar-refractivity contribution < 1.29 is 54.3 Å². The van der Waals surface area contributed by atoms with E-state index in [1.807, 2.05) is 0 Å². The fourth-order valence-electron chi connectivity index (χ4n) is 3.29. The number of nitrogens with zero attached hydrogens (tertiary/aromatic N) is 5. The maximum absolute atomic E-state index is 12.5. The number of thioether (sulfide) groups is 2. The first-order chi connectivity index (χ1) is 15.2. The number of carboxylic acid groups (broad SMARTS) is 1. The van der Waals surface area contributed by atoms with Crippen LogP contribution >= 0.6 is 46.2 Å². The number of thiazole rings is 1. The Kier molecular flexibility index (Phi) is 8.08. The molecule has 4 rings (SSSR count). The number of aryl methyl sites for hydroxylation is 1. The van der Waals surface area contributed by atoms with Crippen LogP contribution in [0.2, 0.25) is 0 Å². The number of nitrogen functional groups attached to an aromatic ring is 1. The van der Waals surface area contributed by atoms with Crippen molar-refractivity contribution in [2.75, 3.05) is 11.5 Å². The Balaban J connectivity index is 0.00000306. The van der Waals surface area contributed by atoms with Gasteiger partial charge in [-0.1, -0.05) is 40.0 Å². The number of aliphatic carboxylic acids is 1. The van der Waals surface area contributed by atoms with Crippen molar-refractivity contribution in [1.82, 2.24) is 25.4 Å². The Morgan fingerprint density at radius 1 is 1.52 bits per heavy atom. The van der Waals surface area contributed by atoms with Gasteiger partial charge < -0.3 is 26.2 Å². The second-order valence-corrected chi connectivity index (χ2v) is 11.2. The molecule has 4 heterocycles. The van der Waals surface area contributed by atoms with E-state index in [0.29, 0.717) is 10.6 Å². The van der Waals surface area contributed by atoms with Crippen molar-refractivity contribution in [2.24, 2.45) is 5.16 Å². The third kappa shape index (κ3) is 4.91. The van der Waals surface area contributed by atoms with E-state index < -0.39 is 22.1 Å². The van der Waals surface area contributed by atoms with Gasteiger partial charge in [-0.15, -0.1) is 21.5 Å². The molecule has 1 saturated heterocycles. The number of aromatic nitrogens is 3. The predicted octanol–water partition coefficient (Wildman–Crippen LogP) is -3.28. The topological polar surface area (TPSA) is 187 Å². The van der Waals surface area contributed by atoms with E-state index in [1.165, 1.54) is 23.1 Å². The summed E-state index contributed by atoms with van der Waals surface area (Å²) >= 11 is 4.77. The van der Waals surface area contributed by atoms with E-state index in [9.17, 15) is 19.5 Å². The Bertz CT molecular complexity index is 1170. The van der Waals surface area contributed by atoms with Gasteiger partial charge >= 0.3 is 29.6 Å². The summed E-state index contributed by atoms with van der Waals surface area (Å²) in [5.41, 5.74) is 5.93. The summed E-state index contributed by atoms with van der Waals surface area (Å²) < 4.78 is 0.574. The third-order valence-corrected chi connectivity index (χ3v) is 8.80. The van der Waals surface area contributed by atoms with Crippen LogP contribution < -0.4 is 45.7 Å². The van der Waals surface area contributed by atoms with Gasteiger partial charge in [0.05, 0.1) is 29.2 Å². The van der Waals surface area contributed by atoms with Crippen LogP contribution in [0.25, 0.3) is 0 Å². The average molecular weight is 536 g/mol. The molecular weight excluding hydrogens is 521 g/mol. The number of carboxylic acids is 1. The van der Waals surface area contributed by atoms with Gasteiger partial charge in [0.25, 0.3) is 5.91 Å². The molecule has 33 heavy (non-hydrogen) atoms. The number of nitrogens with two attached hydrogens (primary N) is 1. The molecule has 168 valence electrons. The summed E-state index contributed by atoms with van der Waals surface area (Å²) in [7, 11) is 0. The number of carbonyl (C=O) groups is 3. The van der Waals surface area contributed by atoms with Gasteiger partial charge in [0, 0.05) is 16.7 Å². The molecule has 2 aromatic rings. The average Bonchev–Trinajstić information content (AvgIpc) is 3.34. The van der Waals surface area contributed by atoms with E-state index in [2.05, 4.69) is 25.7 Å². The van der Waals surface area contributed by atoms with Gasteiger partial charge in [0.15, 0.2) is 14.3 Å². The Morgan fingerprint density at radius 2 is 2.27 bits per heavy atom. The zero-order chi connectivity index (χ0) is 23.0. The molecule has 0 spiro atoms. The molecule has 4 N–H and O–H groups in total. The van der Waals surface area contributed by atoms with Gasteiger partial charge in [-0.05, 0) is 6.92 Å². The number of hydrogen-bond donors (Lipinski definition) is 3. The van der Waals surface area contributed by atoms with Crippen LogP contribution in [0.5, 0.6) is 0 Å². The van der Waals surface area contributed by atoms with Crippen LogP contribution in [0.15, 0.2) is 26.1 Å². The van der Waals surface area contributed by atoms with Crippen molar-refractivity contribution in [3.8, 4) is 0 Å². The summed E-state index contributed by atoms with van der Waals surface area (Å²) in [6.07, 6.45) is 0.719. The molecule has 0 aliphatic carbocycles. The minimum Gasteiger partial charge on any atom is -0.543 e. The van der Waals surface area contributed by atoms with Gasteiger partial charge in [0.1, 0.15) is 11.2 Å². The van der Waals surface area contributed by atoms with Crippen LogP contribution in [0, 0.1) is 6.92 Å². The van der Waals surface area contributed by atoms with Crippen molar-refractivity contribution >= 4 is 75.3 Å². The van der Waals surface area contributed by atoms with Crippen molar-refractivity contribution in [3.05, 3.63) is 27.4 Å².